The number of benzene rings is 6. The smallest absolute Gasteiger partial charge is 0.871 e. The van der Waals surface area contributed by atoms with Crippen LogP contribution in [0.2, 0.25) is 0 Å². The van der Waals surface area contributed by atoms with Crippen molar-refractivity contribution in [2.24, 2.45) is 15.5 Å². The van der Waals surface area contributed by atoms with E-state index in [9.17, 15) is 30.0 Å². The first-order valence-electron chi connectivity index (χ1n) is 11.5. The molecule has 0 bridgehead atoms. The first-order chi connectivity index (χ1) is 19.0. The molecule has 0 saturated carbocycles. The fourth-order valence-corrected chi connectivity index (χ4v) is 3.99. The molecule has 6 aromatic rings. The van der Waals surface area contributed by atoms with Crippen molar-refractivity contribution in [1.29, 1.82) is 0 Å². The zero-order valence-electron chi connectivity index (χ0n) is 20.8. The second kappa shape index (κ2) is 13.6. The number of hydrogen-bond acceptors (Lipinski definition) is 9. The fraction of sp³-hybridized carbons (Fsp3) is 0. The van der Waals surface area contributed by atoms with Gasteiger partial charge in [0.2, 0.25) is 0 Å². The summed E-state index contributed by atoms with van der Waals surface area (Å²) in [6.45, 7) is 0. The summed E-state index contributed by atoms with van der Waals surface area (Å²) in [5, 5.41) is 46.1. The third-order valence-corrected chi connectivity index (χ3v) is 5.86. The largest absolute Gasteiger partial charge is 3.00 e. The Balaban J connectivity index is 0.000000163. The maximum Gasteiger partial charge on any atom is 3.00 e. The van der Waals surface area contributed by atoms with E-state index in [0.29, 0.717) is 16.2 Å². The van der Waals surface area contributed by atoms with Gasteiger partial charge in [0.05, 0.1) is 0 Å². The third-order valence-electron chi connectivity index (χ3n) is 5.86. The molecule has 10 heteroatoms. The first kappa shape index (κ1) is 29.4. The topological polar surface area (TPSA) is 157 Å². The fourth-order valence-electron chi connectivity index (χ4n) is 3.99. The first-order valence-corrected chi connectivity index (χ1v) is 11.5. The molecule has 6 rings (SSSR count). The summed E-state index contributed by atoms with van der Waals surface area (Å²) >= 11 is 0. The predicted molar refractivity (Wildman–Crippen MR) is 152 cm³/mol. The molecule has 0 radical (unpaired) electrons. The zero-order valence-corrected chi connectivity index (χ0v) is 21.9. The molecule has 0 aliphatic heterocycles. The molecule has 0 atom stereocenters. The Hall–Kier alpha value is -5.17. The van der Waals surface area contributed by atoms with Crippen LogP contribution in [0, 0.1) is 14.7 Å². The monoisotopic (exact) mass is 543 g/mol. The average Bonchev–Trinajstić information content (AvgIpc) is 2.98. The van der Waals surface area contributed by atoms with Crippen LogP contribution in [0.1, 0.15) is 0 Å². The molecule has 192 valence electrons. The van der Waals surface area contributed by atoms with Gasteiger partial charge in [0, 0.05) is 16.2 Å². The minimum atomic E-state index is -0.325. The third kappa shape index (κ3) is 6.27. The van der Waals surface area contributed by atoms with Gasteiger partial charge in [0.1, 0.15) is 17.1 Å². The van der Waals surface area contributed by atoms with Gasteiger partial charge in [-0.2, -0.15) is 0 Å². The van der Waals surface area contributed by atoms with E-state index in [0.717, 1.165) is 16.2 Å². The van der Waals surface area contributed by atoms with E-state index in [2.05, 4.69) is 15.5 Å². The van der Waals surface area contributed by atoms with Gasteiger partial charge < -0.3 is 15.3 Å². The standard InChI is InChI=1S/3C10H7NO2.Al/c3*12-9-6-5-7-3-1-2-4-8(7)10(9)11-13;/h3*1-6,12H;/q;;;+3/p-3. The van der Waals surface area contributed by atoms with Crippen molar-refractivity contribution in [2.45, 2.75) is 0 Å². The minimum absolute atomic E-state index is 0. The van der Waals surface area contributed by atoms with Crippen LogP contribution in [0.15, 0.2) is 125 Å². The van der Waals surface area contributed by atoms with Crippen LogP contribution in [-0.4, -0.2) is 17.4 Å². The van der Waals surface area contributed by atoms with Gasteiger partial charge in [-0.15, -0.1) is 14.7 Å². The van der Waals surface area contributed by atoms with E-state index in [1.807, 2.05) is 36.4 Å². The SMILES string of the molecule is O=Nc1c([O-])ccc2ccccc12.O=Nc1c([O-])ccc2ccccc12.O=Nc1c([O-])ccc2ccccc12.[Al+3]. The van der Waals surface area contributed by atoms with E-state index < -0.39 is 0 Å². The molecule has 0 spiro atoms. The molecule has 0 fully saturated rings. The molecule has 0 aliphatic carbocycles. The van der Waals surface area contributed by atoms with E-state index in [4.69, 9.17) is 0 Å². The Kier molecular flexibility index (Phi) is 9.97. The minimum Gasteiger partial charge on any atom is -0.871 e. The molecule has 0 aliphatic rings. The van der Waals surface area contributed by atoms with Crippen molar-refractivity contribution >= 4 is 66.7 Å². The van der Waals surface area contributed by atoms with Crippen LogP contribution < -0.4 is 15.3 Å². The van der Waals surface area contributed by atoms with Crippen molar-refractivity contribution < 1.29 is 15.3 Å². The van der Waals surface area contributed by atoms with Crippen molar-refractivity contribution in [3.8, 4) is 17.2 Å². The molecule has 0 N–H and O–H groups in total. The van der Waals surface area contributed by atoms with Gasteiger partial charge in [-0.3, -0.25) is 0 Å². The van der Waals surface area contributed by atoms with Crippen LogP contribution in [0.4, 0.5) is 17.1 Å². The molecule has 6 aromatic carbocycles. The van der Waals surface area contributed by atoms with E-state index >= 15 is 0 Å². The van der Waals surface area contributed by atoms with Crippen molar-refractivity contribution in [3.05, 3.63) is 124 Å². The number of nitroso groups, excluding NO2 is 3. The second-order valence-electron chi connectivity index (χ2n) is 8.17. The van der Waals surface area contributed by atoms with Gasteiger partial charge in [-0.25, -0.2) is 0 Å². The van der Waals surface area contributed by atoms with Crippen molar-refractivity contribution in [3.63, 3.8) is 0 Å². The predicted octanol–water partition coefficient (Wildman–Crippen LogP) is 6.55. The molecular formula is C30H18AlN3O6. The molecule has 0 amide bonds. The van der Waals surface area contributed by atoms with Crippen LogP contribution in [0.5, 0.6) is 17.2 Å². The summed E-state index contributed by atoms with van der Waals surface area (Å²) in [4.78, 5) is 31.2. The van der Waals surface area contributed by atoms with Crippen LogP contribution in [-0.2, 0) is 0 Å². The Bertz CT molecular complexity index is 1620. The Labute approximate surface area is 238 Å². The number of nitrogens with zero attached hydrogens (tertiary/aromatic N) is 3. The average molecular weight is 543 g/mol. The summed E-state index contributed by atoms with van der Waals surface area (Å²) in [6, 6.07) is 30.7. The Morgan fingerprint density at radius 1 is 0.375 bits per heavy atom. The molecule has 0 heterocycles. The maximum atomic E-state index is 11.2. The zero-order chi connectivity index (χ0) is 27.8. The van der Waals surface area contributed by atoms with Crippen LogP contribution in [0.25, 0.3) is 32.3 Å². The Morgan fingerprint density at radius 2 is 0.625 bits per heavy atom. The summed E-state index contributed by atoms with van der Waals surface area (Å²) < 4.78 is 0. The van der Waals surface area contributed by atoms with Crippen molar-refractivity contribution in [2.75, 3.05) is 0 Å². The van der Waals surface area contributed by atoms with Gasteiger partial charge >= 0.3 is 17.4 Å². The van der Waals surface area contributed by atoms with Gasteiger partial charge in [-0.1, -0.05) is 126 Å². The molecule has 0 aromatic heterocycles. The molecule has 0 saturated heterocycles. The van der Waals surface area contributed by atoms with Gasteiger partial charge in [0.25, 0.3) is 0 Å². The number of hydrogen-bond donors (Lipinski definition) is 0. The second-order valence-corrected chi connectivity index (χ2v) is 8.17. The summed E-state index contributed by atoms with van der Waals surface area (Å²) in [5.74, 6) is -0.976. The molecule has 9 nitrogen and oxygen atoms in total. The van der Waals surface area contributed by atoms with Gasteiger partial charge in [0.15, 0.2) is 0 Å². The number of fused-ring (bicyclic) bond motifs is 3. The van der Waals surface area contributed by atoms with Crippen molar-refractivity contribution in [1.82, 2.24) is 0 Å². The van der Waals surface area contributed by atoms with Gasteiger partial charge in [-0.05, 0) is 31.7 Å². The molecule has 40 heavy (non-hydrogen) atoms. The summed E-state index contributed by atoms with van der Waals surface area (Å²) in [6.07, 6.45) is 0. The molecule has 0 unspecified atom stereocenters. The maximum absolute atomic E-state index is 11.2. The normalized spacial score (nSPS) is 9.90. The summed E-state index contributed by atoms with van der Waals surface area (Å²) in [7, 11) is 0. The number of rotatable bonds is 3. The van der Waals surface area contributed by atoms with E-state index in [1.54, 1.807) is 54.6 Å². The van der Waals surface area contributed by atoms with E-state index in [-0.39, 0.29) is 51.7 Å². The van der Waals surface area contributed by atoms with Crippen LogP contribution in [0.3, 0.4) is 0 Å². The quantitative estimate of drug-likeness (QED) is 0.182. The molecular weight excluding hydrogens is 525 g/mol. The van der Waals surface area contributed by atoms with Crippen LogP contribution >= 0.6 is 0 Å². The van der Waals surface area contributed by atoms with E-state index in [1.165, 1.54) is 18.2 Å². The Morgan fingerprint density at radius 3 is 0.875 bits per heavy atom. The summed E-state index contributed by atoms with van der Waals surface area (Å²) in [5.41, 5.74) is -0.00528.